The van der Waals surface area contributed by atoms with Crippen LogP contribution in [-0.4, -0.2) is 43.6 Å². The van der Waals surface area contributed by atoms with Crippen LogP contribution < -0.4 is 10.1 Å². The molecule has 1 aromatic carbocycles. The minimum Gasteiger partial charge on any atom is -0.484 e. The van der Waals surface area contributed by atoms with Gasteiger partial charge < -0.3 is 15.0 Å². The first-order valence-electron chi connectivity index (χ1n) is 8.48. The Morgan fingerprint density at radius 2 is 2.09 bits per heavy atom. The lowest BCUT2D eigenvalue weighted by atomic mass is 10.2. The number of unbranched alkanes of at least 4 members (excludes halogenated alkanes) is 1. The predicted molar refractivity (Wildman–Crippen MR) is 89.2 cm³/mol. The van der Waals surface area contributed by atoms with E-state index < -0.39 is 0 Å². The number of hydrogen-bond acceptors (Lipinski definition) is 3. The lowest BCUT2D eigenvalue weighted by molar-refractivity contribution is -0.123. The van der Waals surface area contributed by atoms with Gasteiger partial charge in [0.25, 0.3) is 5.91 Å². The highest BCUT2D eigenvalue weighted by atomic mass is 16.5. The molecule has 0 atom stereocenters. The molecule has 2 rings (SSSR count). The maximum Gasteiger partial charge on any atom is 0.257 e. The van der Waals surface area contributed by atoms with E-state index in [0.29, 0.717) is 0 Å². The van der Waals surface area contributed by atoms with Crippen molar-refractivity contribution in [2.24, 2.45) is 0 Å². The van der Waals surface area contributed by atoms with Crippen molar-refractivity contribution in [3.8, 4) is 5.75 Å². The van der Waals surface area contributed by atoms with Gasteiger partial charge in [-0.05, 0) is 69.4 Å². The molecule has 0 bridgehead atoms. The third-order valence-corrected chi connectivity index (χ3v) is 4.10. The minimum atomic E-state index is -0.0388. The monoisotopic (exact) mass is 304 g/mol. The van der Waals surface area contributed by atoms with E-state index in [2.05, 4.69) is 23.2 Å². The average Bonchev–Trinajstić information content (AvgIpc) is 3.06. The van der Waals surface area contributed by atoms with Crippen molar-refractivity contribution in [3.05, 3.63) is 29.8 Å². The van der Waals surface area contributed by atoms with Crippen LogP contribution in [-0.2, 0) is 11.2 Å². The second-order valence-corrected chi connectivity index (χ2v) is 5.90. The van der Waals surface area contributed by atoms with Crippen molar-refractivity contribution in [3.63, 3.8) is 0 Å². The number of rotatable bonds is 9. The van der Waals surface area contributed by atoms with Gasteiger partial charge in [0, 0.05) is 6.54 Å². The largest absolute Gasteiger partial charge is 0.484 e. The summed E-state index contributed by atoms with van der Waals surface area (Å²) in [6, 6.07) is 7.91. The summed E-state index contributed by atoms with van der Waals surface area (Å²) in [5, 5.41) is 2.92. The zero-order valence-corrected chi connectivity index (χ0v) is 13.6. The van der Waals surface area contributed by atoms with Gasteiger partial charge in [-0.25, -0.2) is 0 Å². The fraction of sp³-hybridized carbons (Fsp3) is 0.611. The Kier molecular flexibility index (Phi) is 7.23. The molecule has 1 heterocycles. The number of carbonyl (C=O) groups excluding carboxylic acids is 1. The number of likely N-dealkylation sites (tertiary alicyclic amines) is 1. The average molecular weight is 304 g/mol. The number of benzene rings is 1. The maximum absolute atomic E-state index is 11.7. The van der Waals surface area contributed by atoms with Crippen LogP contribution in [0.15, 0.2) is 24.3 Å². The van der Waals surface area contributed by atoms with Crippen LogP contribution in [0.25, 0.3) is 0 Å². The number of nitrogens with zero attached hydrogens (tertiary/aromatic N) is 1. The van der Waals surface area contributed by atoms with E-state index in [9.17, 15) is 4.79 Å². The van der Waals surface area contributed by atoms with Crippen molar-refractivity contribution in [2.75, 3.05) is 32.8 Å². The van der Waals surface area contributed by atoms with Crippen molar-refractivity contribution in [1.29, 1.82) is 0 Å². The molecule has 1 amide bonds. The molecule has 1 aliphatic heterocycles. The van der Waals surface area contributed by atoms with Crippen LogP contribution in [0, 0.1) is 0 Å². The minimum absolute atomic E-state index is 0.0388. The molecule has 4 heteroatoms. The summed E-state index contributed by atoms with van der Waals surface area (Å²) >= 11 is 0. The third kappa shape index (κ3) is 6.06. The Labute approximate surface area is 133 Å². The van der Waals surface area contributed by atoms with E-state index >= 15 is 0 Å². The Balaban J connectivity index is 1.53. The van der Waals surface area contributed by atoms with Crippen molar-refractivity contribution < 1.29 is 9.53 Å². The summed E-state index contributed by atoms with van der Waals surface area (Å²) in [5.74, 6) is 0.728. The molecule has 22 heavy (non-hydrogen) atoms. The number of carbonyl (C=O) groups is 1. The molecule has 0 unspecified atom stereocenters. The van der Waals surface area contributed by atoms with Crippen molar-refractivity contribution in [1.82, 2.24) is 10.2 Å². The van der Waals surface area contributed by atoms with Crippen molar-refractivity contribution >= 4 is 5.91 Å². The Bertz CT molecular complexity index is 456. The van der Waals surface area contributed by atoms with Crippen LogP contribution >= 0.6 is 0 Å². The molecule has 1 N–H and O–H groups in total. The standard InChI is InChI=1S/C18H28N2O2/c1-2-16-8-7-9-17(14-16)22-15-18(21)19-10-3-4-11-20-12-5-6-13-20/h7-9,14H,2-6,10-13,15H2,1H3,(H,19,21). The lowest BCUT2D eigenvalue weighted by Gasteiger charge is -2.14. The summed E-state index contributed by atoms with van der Waals surface area (Å²) in [6.45, 7) is 6.60. The molecule has 0 aromatic heterocycles. The van der Waals surface area contributed by atoms with Gasteiger partial charge in [-0.15, -0.1) is 0 Å². The van der Waals surface area contributed by atoms with Gasteiger partial charge in [-0.2, -0.15) is 0 Å². The molecule has 1 aromatic rings. The molecule has 0 aliphatic carbocycles. The number of ether oxygens (including phenoxy) is 1. The smallest absolute Gasteiger partial charge is 0.257 e. The highest BCUT2D eigenvalue weighted by Crippen LogP contribution is 2.13. The number of aryl methyl sites for hydroxylation is 1. The van der Waals surface area contributed by atoms with E-state index in [4.69, 9.17) is 4.74 Å². The van der Waals surface area contributed by atoms with Gasteiger partial charge in [0.05, 0.1) is 0 Å². The molecule has 1 saturated heterocycles. The molecular weight excluding hydrogens is 276 g/mol. The van der Waals surface area contributed by atoms with Crippen LogP contribution in [0.3, 0.4) is 0 Å². The van der Waals surface area contributed by atoms with Crippen LogP contribution in [0.5, 0.6) is 5.75 Å². The van der Waals surface area contributed by atoms with Crippen LogP contribution in [0.2, 0.25) is 0 Å². The zero-order valence-electron chi connectivity index (χ0n) is 13.6. The molecule has 4 nitrogen and oxygen atoms in total. The molecule has 0 spiro atoms. The maximum atomic E-state index is 11.7. The highest BCUT2D eigenvalue weighted by molar-refractivity contribution is 5.77. The fourth-order valence-electron chi connectivity index (χ4n) is 2.75. The second kappa shape index (κ2) is 9.46. The van der Waals surface area contributed by atoms with Gasteiger partial charge in [-0.1, -0.05) is 19.1 Å². The number of nitrogens with one attached hydrogen (secondary N) is 1. The fourth-order valence-corrected chi connectivity index (χ4v) is 2.75. The first kappa shape index (κ1) is 16.8. The Hall–Kier alpha value is -1.55. The first-order chi connectivity index (χ1) is 10.8. The van der Waals surface area contributed by atoms with Crippen molar-refractivity contribution in [2.45, 2.75) is 39.0 Å². The molecule has 1 aliphatic rings. The van der Waals surface area contributed by atoms with E-state index in [1.807, 2.05) is 18.2 Å². The SMILES string of the molecule is CCc1cccc(OCC(=O)NCCCCN2CCCC2)c1. The Morgan fingerprint density at radius 1 is 1.27 bits per heavy atom. The zero-order chi connectivity index (χ0) is 15.6. The van der Waals surface area contributed by atoms with Gasteiger partial charge >= 0.3 is 0 Å². The summed E-state index contributed by atoms with van der Waals surface area (Å²) in [6.07, 6.45) is 5.84. The van der Waals surface area contributed by atoms with E-state index in [1.165, 1.54) is 31.5 Å². The molecule has 0 saturated carbocycles. The van der Waals surface area contributed by atoms with E-state index in [0.717, 1.165) is 38.1 Å². The second-order valence-electron chi connectivity index (χ2n) is 5.90. The molecule has 1 fully saturated rings. The first-order valence-corrected chi connectivity index (χ1v) is 8.48. The van der Waals surface area contributed by atoms with Gasteiger partial charge in [0.2, 0.25) is 0 Å². The normalized spacial score (nSPS) is 15.0. The number of amides is 1. The van der Waals surface area contributed by atoms with Gasteiger partial charge in [0.15, 0.2) is 6.61 Å². The van der Waals surface area contributed by atoms with Crippen LogP contribution in [0.4, 0.5) is 0 Å². The van der Waals surface area contributed by atoms with E-state index in [-0.39, 0.29) is 12.5 Å². The molecular formula is C18H28N2O2. The predicted octanol–water partition coefficient (Wildman–Crippen LogP) is 2.62. The van der Waals surface area contributed by atoms with Crippen LogP contribution in [0.1, 0.15) is 38.2 Å². The molecule has 122 valence electrons. The lowest BCUT2D eigenvalue weighted by Crippen LogP contribution is -2.30. The topological polar surface area (TPSA) is 41.6 Å². The summed E-state index contributed by atoms with van der Waals surface area (Å²) in [5.41, 5.74) is 1.22. The summed E-state index contributed by atoms with van der Waals surface area (Å²) in [7, 11) is 0. The Morgan fingerprint density at radius 3 is 2.86 bits per heavy atom. The highest BCUT2D eigenvalue weighted by Gasteiger charge is 2.10. The van der Waals surface area contributed by atoms with E-state index in [1.54, 1.807) is 0 Å². The summed E-state index contributed by atoms with van der Waals surface area (Å²) < 4.78 is 5.53. The molecule has 0 radical (unpaired) electrons. The van der Waals surface area contributed by atoms with Gasteiger partial charge in [-0.3, -0.25) is 4.79 Å². The number of hydrogen-bond donors (Lipinski definition) is 1. The quantitative estimate of drug-likeness (QED) is 0.713. The third-order valence-electron chi connectivity index (χ3n) is 4.10. The summed E-state index contributed by atoms with van der Waals surface area (Å²) in [4.78, 5) is 14.2. The van der Waals surface area contributed by atoms with Gasteiger partial charge in [0.1, 0.15) is 5.75 Å².